The van der Waals surface area contributed by atoms with Gasteiger partial charge in [-0.2, -0.15) is 36.4 Å². The SMILES string of the molecule is CCPC.Oc1ccccc1[PH+](c1ccccc1)c1ccccc1.[Ni].[c-]1ccccc1. The molecular formula is C27H30NiOP2. The van der Waals surface area contributed by atoms with Crippen molar-refractivity contribution in [1.29, 1.82) is 0 Å². The van der Waals surface area contributed by atoms with Crippen LogP contribution in [0.15, 0.2) is 115 Å². The quantitative estimate of drug-likeness (QED) is 0.221. The first-order valence-corrected chi connectivity index (χ1v) is 13.3. The van der Waals surface area contributed by atoms with Crippen LogP contribution in [-0.4, -0.2) is 17.9 Å². The number of hydrogen-bond acceptors (Lipinski definition) is 1. The molecule has 0 amide bonds. The summed E-state index contributed by atoms with van der Waals surface area (Å²) in [7, 11) is -0.0170. The second-order valence-electron chi connectivity index (χ2n) is 6.41. The molecule has 4 aromatic carbocycles. The van der Waals surface area contributed by atoms with Crippen LogP contribution in [0.25, 0.3) is 0 Å². The molecule has 0 aliphatic carbocycles. The van der Waals surface area contributed by atoms with Gasteiger partial charge in [-0.15, -0.1) is 8.58 Å². The van der Waals surface area contributed by atoms with Crippen LogP contribution < -0.4 is 15.9 Å². The molecule has 0 aliphatic rings. The Hall–Kier alpha value is -1.97. The molecule has 0 heterocycles. The molecule has 4 rings (SSSR count). The predicted octanol–water partition coefficient (Wildman–Crippen LogP) is 5.68. The van der Waals surface area contributed by atoms with E-state index in [0.29, 0.717) is 5.75 Å². The number of rotatable bonds is 4. The van der Waals surface area contributed by atoms with Crippen molar-refractivity contribution in [3.05, 3.63) is 121 Å². The number of para-hydroxylation sites is 1. The number of phenols is 1. The number of benzene rings is 4. The summed E-state index contributed by atoms with van der Waals surface area (Å²) < 4.78 is 0. The van der Waals surface area contributed by atoms with Crippen molar-refractivity contribution in [3.8, 4) is 5.75 Å². The zero-order valence-corrected chi connectivity index (χ0v) is 20.9. The van der Waals surface area contributed by atoms with E-state index in [9.17, 15) is 5.11 Å². The number of hydrogen-bond donors (Lipinski definition) is 1. The number of aromatic hydroxyl groups is 1. The van der Waals surface area contributed by atoms with Crippen molar-refractivity contribution in [2.24, 2.45) is 0 Å². The molecule has 0 radical (unpaired) electrons. The van der Waals surface area contributed by atoms with E-state index < -0.39 is 7.92 Å². The Bertz CT molecular complexity index is 867. The van der Waals surface area contributed by atoms with Crippen molar-refractivity contribution in [2.45, 2.75) is 6.92 Å². The summed E-state index contributed by atoms with van der Waals surface area (Å²) >= 11 is 0. The molecule has 164 valence electrons. The first-order chi connectivity index (χ1) is 14.8. The average Bonchev–Trinajstić information content (AvgIpc) is 2.84. The Kier molecular flexibility index (Phi) is 14.6. The topological polar surface area (TPSA) is 20.2 Å². The summed E-state index contributed by atoms with van der Waals surface area (Å²) in [6, 6.07) is 41.0. The summed E-state index contributed by atoms with van der Waals surface area (Å²) in [5.74, 6) is 0.383. The predicted molar refractivity (Wildman–Crippen MR) is 138 cm³/mol. The van der Waals surface area contributed by atoms with E-state index in [1.165, 1.54) is 16.8 Å². The fraction of sp³-hybridized carbons (Fsp3) is 0.111. The van der Waals surface area contributed by atoms with E-state index in [4.69, 9.17) is 0 Å². The minimum Gasteiger partial charge on any atom is -0.504 e. The number of phenolic OH excluding ortho intramolecular Hbond substituents is 1. The monoisotopic (exact) mass is 490 g/mol. The molecule has 4 heteroatoms. The van der Waals surface area contributed by atoms with Crippen LogP contribution in [0.4, 0.5) is 0 Å². The molecule has 0 bridgehead atoms. The second-order valence-corrected chi connectivity index (χ2v) is 10.3. The molecule has 0 aliphatic heterocycles. The molecule has 1 atom stereocenters. The summed E-state index contributed by atoms with van der Waals surface area (Å²) in [5.41, 5.74) is 0. The molecule has 0 saturated heterocycles. The molecule has 0 aromatic heterocycles. The van der Waals surface area contributed by atoms with Gasteiger partial charge in [0, 0.05) is 16.5 Å². The Morgan fingerprint density at radius 3 is 1.48 bits per heavy atom. The van der Waals surface area contributed by atoms with Crippen LogP contribution in [0.2, 0.25) is 0 Å². The van der Waals surface area contributed by atoms with Crippen molar-refractivity contribution < 1.29 is 21.6 Å². The molecule has 31 heavy (non-hydrogen) atoms. The molecule has 0 fully saturated rings. The maximum Gasteiger partial charge on any atom is 0.158 e. The molecule has 1 nitrogen and oxygen atoms in total. The minimum atomic E-state index is -1.16. The fourth-order valence-electron chi connectivity index (χ4n) is 2.71. The van der Waals surface area contributed by atoms with Crippen LogP contribution in [0, 0.1) is 6.07 Å². The third kappa shape index (κ3) is 9.80. The first kappa shape index (κ1) is 27.1. The molecule has 1 unspecified atom stereocenters. The van der Waals surface area contributed by atoms with Gasteiger partial charge in [0.1, 0.15) is 23.8 Å². The van der Waals surface area contributed by atoms with Gasteiger partial charge in [0.05, 0.1) is 0 Å². The normalized spacial score (nSPS) is 9.77. The van der Waals surface area contributed by atoms with Gasteiger partial charge in [0.15, 0.2) is 5.75 Å². The summed E-state index contributed by atoms with van der Waals surface area (Å²) in [6.45, 7) is 4.40. The Labute approximate surface area is 200 Å². The maximum absolute atomic E-state index is 10.2. The van der Waals surface area contributed by atoms with Crippen LogP contribution in [0.1, 0.15) is 6.92 Å². The van der Waals surface area contributed by atoms with E-state index in [1.807, 2.05) is 60.7 Å². The third-order valence-corrected chi connectivity index (χ3v) is 7.75. The maximum atomic E-state index is 10.2. The molecule has 1 N–H and O–H groups in total. The molecule has 0 saturated carbocycles. The van der Waals surface area contributed by atoms with Crippen LogP contribution in [0.5, 0.6) is 5.75 Å². The van der Waals surface area contributed by atoms with Gasteiger partial charge < -0.3 is 5.11 Å². The minimum absolute atomic E-state index is 0. The van der Waals surface area contributed by atoms with Gasteiger partial charge in [0.25, 0.3) is 0 Å². The Morgan fingerprint density at radius 2 is 1.13 bits per heavy atom. The van der Waals surface area contributed by atoms with E-state index in [1.54, 1.807) is 6.07 Å². The van der Waals surface area contributed by atoms with Gasteiger partial charge in [-0.1, -0.05) is 55.5 Å². The second kappa shape index (κ2) is 16.7. The smallest absolute Gasteiger partial charge is 0.158 e. The summed E-state index contributed by atoms with van der Waals surface area (Å²) in [4.78, 5) is 0. The van der Waals surface area contributed by atoms with Gasteiger partial charge in [-0.05, 0) is 49.2 Å². The zero-order chi connectivity index (χ0) is 21.4. The van der Waals surface area contributed by atoms with Crippen molar-refractivity contribution in [3.63, 3.8) is 0 Å². The van der Waals surface area contributed by atoms with E-state index >= 15 is 0 Å². The van der Waals surface area contributed by atoms with Crippen molar-refractivity contribution in [2.75, 3.05) is 12.8 Å². The molecule has 0 spiro atoms. The van der Waals surface area contributed by atoms with Crippen LogP contribution in [0.3, 0.4) is 0 Å². The van der Waals surface area contributed by atoms with Gasteiger partial charge in [0.2, 0.25) is 0 Å². The van der Waals surface area contributed by atoms with Gasteiger partial charge in [-0.25, -0.2) is 0 Å². The summed E-state index contributed by atoms with van der Waals surface area (Å²) in [5, 5.41) is 13.8. The molecular weight excluding hydrogens is 461 g/mol. The standard InChI is InChI=1S/C18H15OP.C6H5.C3H9P.Ni/c19-17-13-7-8-14-18(17)20(15-9-3-1-4-10-15)16-11-5-2-6-12-16;1-2-4-6-5-3-1;1-3-4-2;/h1-14,19H;1-5H;4H,3H2,1-2H3;/q;-1;;/p+1. The van der Waals surface area contributed by atoms with Crippen molar-refractivity contribution in [1.82, 2.24) is 0 Å². The summed E-state index contributed by atoms with van der Waals surface area (Å²) in [6.07, 6.45) is 1.35. The molecule has 4 aromatic rings. The first-order valence-electron chi connectivity index (χ1n) is 10.1. The Balaban J connectivity index is 0.000000364. The largest absolute Gasteiger partial charge is 0.504 e. The zero-order valence-electron chi connectivity index (χ0n) is 17.9. The van der Waals surface area contributed by atoms with Gasteiger partial charge in [-0.3, -0.25) is 0 Å². The van der Waals surface area contributed by atoms with E-state index in [2.05, 4.69) is 68.2 Å². The third-order valence-electron chi connectivity index (χ3n) is 4.26. The average molecular weight is 491 g/mol. The van der Waals surface area contributed by atoms with E-state index in [-0.39, 0.29) is 16.5 Å². The van der Waals surface area contributed by atoms with Gasteiger partial charge >= 0.3 is 0 Å². The van der Waals surface area contributed by atoms with E-state index in [0.717, 1.165) is 13.9 Å². The fourth-order valence-corrected chi connectivity index (χ4v) is 5.32. The van der Waals surface area contributed by atoms with Crippen LogP contribution in [-0.2, 0) is 16.5 Å². The Morgan fingerprint density at radius 1 is 0.710 bits per heavy atom. The van der Waals surface area contributed by atoms with Crippen molar-refractivity contribution >= 4 is 32.4 Å². The van der Waals surface area contributed by atoms with Crippen LogP contribution >= 0.6 is 16.5 Å².